The van der Waals surface area contributed by atoms with Crippen LogP contribution in [0, 0.1) is 25.7 Å². The van der Waals surface area contributed by atoms with E-state index in [1.54, 1.807) is 19.9 Å². The van der Waals surface area contributed by atoms with Crippen LogP contribution in [0.25, 0.3) is 0 Å². The fraction of sp³-hybridized carbons (Fsp3) is 0.615. The lowest BCUT2D eigenvalue weighted by Crippen LogP contribution is -2.35. The molecule has 122 valence electrons. The van der Waals surface area contributed by atoms with Gasteiger partial charge in [0.25, 0.3) is 0 Å². The molecule has 0 unspecified atom stereocenters. The van der Waals surface area contributed by atoms with Crippen LogP contribution in [0.3, 0.4) is 0 Å². The second-order valence-corrected chi connectivity index (χ2v) is 5.48. The van der Waals surface area contributed by atoms with Crippen molar-refractivity contribution in [2.24, 2.45) is 11.8 Å². The van der Waals surface area contributed by atoms with Crippen LogP contribution in [0.15, 0.2) is 6.07 Å². The van der Waals surface area contributed by atoms with Gasteiger partial charge in [0, 0.05) is 18.8 Å². The van der Waals surface area contributed by atoms with Gasteiger partial charge in [0.2, 0.25) is 5.91 Å². The van der Waals surface area contributed by atoms with E-state index in [0.29, 0.717) is 11.4 Å². The molecule has 2 heterocycles. The summed E-state index contributed by atoms with van der Waals surface area (Å²) < 4.78 is 40.0. The molecule has 1 saturated heterocycles. The molecule has 0 saturated carbocycles. The monoisotopic (exact) mass is 319 g/mol. The molecule has 0 aromatic carbocycles. The molecular formula is C13H16F3N3O3. The van der Waals surface area contributed by atoms with Crippen molar-refractivity contribution in [1.82, 2.24) is 14.7 Å². The van der Waals surface area contributed by atoms with Crippen LogP contribution >= 0.6 is 0 Å². The number of halogens is 3. The van der Waals surface area contributed by atoms with Crippen molar-refractivity contribution < 1.29 is 27.9 Å². The van der Waals surface area contributed by atoms with Gasteiger partial charge in [0.05, 0.1) is 17.5 Å². The summed E-state index contributed by atoms with van der Waals surface area (Å²) in [5.74, 6) is -5.76. The Morgan fingerprint density at radius 2 is 2.00 bits per heavy atom. The number of carbonyl (C=O) groups excluding carboxylic acids is 1. The standard InChI is InChI=1S/C13H16F3N3O3/c1-7-3-8(2)19(17-7)6-11(20)18-4-9(12(21)22)10(5-18)13(14,15)16/h3,9-10H,4-6H2,1-2H3,(H,21,22)/t9-,10-/m1/s1. The number of carbonyl (C=O) groups is 2. The van der Waals surface area contributed by atoms with Crippen molar-refractivity contribution in [3.8, 4) is 0 Å². The Morgan fingerprint density at radius 1 is 1.36 bits per heavy atom. The maximum Gasteiger partial charge on any atom is 0.394 e. The average Bonchev–Trinajstić information content (AvgIpc) is 2.93. The molecule has 2 rings (SSSR count). The highest BCUT2D eigenvalue weighted by atomic mass is 19.4. The highest BCUT2D eigenvalue weighted by molar-refractivity contribution is 5.79. The Bertz CT molecular complexity index is 597. The van der Waals surface area contributed by atoms with Crippen LogP contribution in [-0.2, 0) is 16.1 Å². The number of rotatable bonds is 3. The minimum Gasteiger partial charge on any atom is -0.481 e. The first kappa shape index (κ1) is 16.3. The maximum absolute atomic E-state index is 12.9. The van der Waals surface area contributed by atoms with Crippen molar-refractivity contribution in [3.63, 3.8) is 0 Å². The molecule has 9 heteroatoms. The summed E-state index contributed by atoms with van der Waals surface area (Å²) in [4.78, 5) is 24.1. The zero-order chi connectivity index (χ0) is 16.7. The molecule has 1 aromatic heterocycles. The molecule has 1 aliphatic rings. The van der Waals surface area contributed by atoms with Crippen LogP contribution in [-0.4, -0.2) is 50.9 Å². The van der Waals surface area contributed by atoms with Crippen molar-refractivity contribution >= 4 is 11.9 Å². The van der Waals surface area contributed by atoms with Gasteiger partial charge < -0.3 is 10.0 Å². The first-order valence-corrected chi connectivity index (χ1v) is 6.68. The molecule has 1 aliphatic heterocycles. The Morgan fingerprint density at radius 3 is 2.41 bits per heavy atom. The lowest BCUT2D eigenvalue weighted by molar-refractivity contribution is -0.188. The molecule has 1 aromatic rings. The third-order valence-corrected chi connectivity index (χ3v) is 3.80. The fourth-order valence-corrected chi connectivity index (χ4v) is 2.65. The summed E-state index contributed by atoms with van der Waals surface area (Å²) in [6.45, 7) is 2.21. The van der Waals surface area contributed by atoms with Crippen molar-refractivity contribution in [2.45, 2.75) is 26.6 Å². The van der Waals surface area contributed by atoms with Gasteiger partial charge in [0.1, 0.15) is 6.54 Å². The zero-order valence-corrected chi connectivity index (χ0v) is 12.1. The van der Waals surface area contributed by atoms with Gasteiger partial charge in [-0.25, -0.2) is 0 Å². The Balaban J connectivity index is 2.11. The summed E-state index contributed by atoms with van der Waals surface area (Å²) in [6, 6.07) is 1.75. The number of aliphatic carboxylic acids is 1. The summed E-state index contributed by atoms with van der Waals surface area (Å²) in [7, 11) is 0. The number of likely N-dealkylation sites (tertiary alicyclic amines) is 1. The number of aromatic nitrogens is 2. The topological polar surface area (TPSA) is 75.4 Å². The Hall–Kier alpha value is -2.06. The summed E-state index contributed by atoms with van der Waals surface area (Å²) in [5, 5.41) is 13.0. The van der Waals surface area contributed by atoms with E-state index in [-0.39, 0.29) is 6.54 Å². The van der Waals surface area contributed by atoms with Crippen LogP contribution in [0.1, 0.15) is 11.4 Å². The van der Waals surface area contributed by atoms with E-state index in [9.17, 15) is 22.8 Å². The molecule has 22 heavy (non-hydrogen) atoms. The Kier molecular flexibility index (Phi) is 4.17. The molecule has 0 radical (unpaired) electrons. The van der Waals surface area contributed by atoms with E-state index in [0.717, 1.165) is 4.90 Å². The van der Waals surface area contributed by atoms with Gasteiger partial charge in [-0.15, -0.1) is 0 Å². The molecule has 0 bridgehead atoms. The second kappa shape index (κ2) is 5.62. The van der Waals surface area contributed by atoms with Gasteiger partial charge in [0.15, 0.2) is 0 Å². The van der Waals surface area contributed by atoms with Crippen LogP contribution in [0.4, 0.5) is 13.2 Å². The van der Waals surface area contributed by atoms with E-state index >= 15 is 0 Å². The normalized spacial score (nSPS) is 22.1. The van der Waals surface area contributed by atoms with Gasteiger partial charge in [-0.2, -0.15) is 18.3 Å². The van der Waals surface area contributed by atoms with Gasteiger partial charge in [-0.05, 0) is 19.9 Å². The van der Waals surface area contributed by atoms with E-state index in [2.05, 4.69) is 5.10 Å². The number of nitrogens with zero attached hydrogens (tertiary/aromatic N) is 3. The van der Waals surface area contributed by atoms with Crippen molar-refractivity contribution in [1.29, 1.82) is 0 Å². The lowest BCUT2D eigenvalue weighted by atomic mass is 9.96. The number of amides is 1. The fourth-order valence-electron chi connectivity index (χ4n) is 2.65. The van der Waals surface area contributed by atoms with Crippen molar-refractivity contribution in [3.05, 3.63) is 17.5 Å². The van der Waals surface area contributed by atoms with Gasteiger partial charge >= 0.3 is 12.1 Å². The predicted octanol–water partition coefficient (Wildman–Crippen LogP) is 1.22. The van der Waals surface area contributed by atoms with Crippen LogP contribution < -0.4 is 0 Å². The second-order valence-electron chi connectivity index (χ2n) is 5.48. The largest absolute Gasteiger partial charge is 0.481 e. The van der Waals surface area contributed by atoms with Crippen LogP contribution in [0.5, 0.6) is 0 Å². The number of carboxylic acid groups (broad SMARTS) is 1. The minimum atomic E-state index is -4.64. The molecule has 1 fully saturated rings. The summed E-state index contributed by atoms with van der Waals surface area (Å²) >= 11 is 0. The summed E-state index contributed by atoms with van der Waals surface area (Å²) in [5.41, 5.74) is 1.41. The molecular weight excluding hydrogens is 303 g/mol. The molecule has 0 spiro atoms. The average molecular weight is 319 g/mol. The Labute approximate surface area is 124 Å². The lowest BCUT2D eigenvalue weighted by Gasteiger charge is -2.18. The summed E-state index contributed by atoms with van der Waals surface area (Å²) in [6.07, 6.45) is -4.64. The zero-order valence-electron chi connectivity index (χ0n) is 12.1. The number of carboxylic acids is 1. The number of hydrogen-bond donors (Lipinski definition) is 1. The molecule has 1 amide bonds. The first-order valence-electron chi connectivity index (χ1n) is 6.68. The highest BCUT2D eigenvalue weighted by Crippen LogP contribution is 2.37. The van der Waals surface area contributed by atoms with E-state index in [1.807, 2.05) is 0 Å². The number of aryl methyl sites for hydroxylation is 2. The molecule has 6 nitrogen and oxygen atoms in total. The molecule has 2 atom stereocenters. The number of hydrogen-bond acceptors (Lipinski definition) is 3. The SMILES string of the molecule is Cc1cc(C)n(CC(=O)N2C[C@@H](C(F)(F)F)[C@H](C(=O)O)C2)n1. The van der Waals surface area contributed by atoms with Crippen molar-refractivity contribution in [2.75, 3.05) is 13.1 Å². The third-order valence-electron chi connectivity index (χ3n) is 3.80. The smallest absolute Gasteiger partial charge is 0.394 e. The predicted molar refractivity (Wildman–Crippen MR) is 69.0 cm³/mol. The molecule has 1 N–H and O–H groups in total. The van der Waals surface area contributed by atoms with E-state index in [1.165, 1.54) is 4.68 Å². The van der Waals surface area contributed by atoms with Gasteiger partial charge in [-0.1, -0.05) is 0 Å². The third kappa shape index (κ3) is 3.23. The van der Waals surface area contributed by atoms with Crippen LogP contribution in [0.2, 0.25) is 0 Å². The first-order chi connectivity index (χ1) is 10.1. The molecule has 0 aliphatic carbocycles. The van der Waals surface area contributed by atoms with Gasteiger partial charge in [-0.3, -0.25) is 14.3 Å². The maximum atomic E-state index is 12.9. The minimum absolute atomic E-state index is 0.198. The highest BCUT2D eigenvalue weighted by Gasteiger charge is 2.53. The number of alkyl halides is 3. The van der Waals surface area contributed by atoms with E-state index < -0.39 is 43.0 Å². The quantitative estimate of drug-likeness (QED) is 0.909. The van der Waals surface area contributed by atoms with E-state index in [4.69, 9.17) is 5.11 Å².